The summed E-state index contributed by atoms with van der Waals surface area (Å²) in [4.78, 5) is 15.2. The first-order chi connectivity index (χ1) is 9.24. The first kappa shape index (κ1) is 12.0. The molecule has 0 saturated carbocycles. The molecule has 100 valence electrons. The second-order valence-corrected chi connectivity index (χ2v) is 4.85. The molecule has 4 N–H and O–H groups in total. The predicted molar refractivity (Wildman–Crippen MR) is 74.0 cm³/mol. The van der Waals surface area contributed by atoms with Gasteiger partial charge < -0.3 is 20.8 Å². The maximum Gasteiger partial charge on any atom is 0.253 e. The van der Waals surface area contributed by atoms with Gasteiger partial charge in [-0.1, -0.05) is 0 Å². The molecule has 1 unspecified atom stereocenters. The second-order valence-electron chi connectivity index (χ2n) is 4.85. The van der Waals surface area contributed by atoms with Crippen LogP contribution in [0, 0.1) is 0 Å². The van der Waals surface area contributed by atoms with Crippen LogP contribution in [-0.2, 0) is 4.74 Å². The van der Waals surface area contributed by atoms with E-state index in [4.69, 9.17) is 10.5 Å². The number of carbonyl (C=O) groups excluding carboxylic acids is 1. The number of amides is 1. The molecule has 0 radical (unpaired) electrons. The maximum atomic E-state index is 12.2. The van der Waals surface area contributed by atoms with Crippen molar-refractivity contribution >= 4 is 22.5 Å². The summed E-state index contributed by atoms with van der Waals surface area (Å²) in [7, 11) is 0. The van der Waals surface area contributed by atoms with E-state index < -0.39 is 0 Å². The van der Waals surface area contributed by atoms with E-state index >= 15 is 0 Å². The van der Waals surface area contributed by atoms with Crippen molar-refractivity contribution in [1.82, 2.24) is 10.3 Å². The van der Waals surface area contributed by atoms with E-state index in [-0.39, 0.29) is 12.0 Å². The number of rotatable bonds is 3. The van der Waals surface area contributed by atoms with E-state index in [0.717, 1.165) is 30.4 Å². The highest BCUT2D eigenvalue weighted by Crippen LogP contribution is 2.21. The normalized spacial score (nSPS) is 18.8. The van der Waals surface area contributed by atoms with Crippen LogP contribution in [0.15, 0.2) is 24.4 Å². The molecule has 2 heterocycles. The molecule has 0 aliphatic carbocycles. The third-order valence-electron chi connectivity index (χ3n) is 3.46. The van der Waals surface area contributed by atoms with E-state index in [1.54, 1.807) is 6.20 Å². The number of aromatic amines is 1. The van der Waals surface area contributed by atoms with Gasteiger partial charge in [-0.3, -0.25) is 4.79 Å². The van der Waals surface area contributed by atoms with Gasteiger partial charge in [-0.05, 0) is 31.0 Å². The Balaban J connectivity index is 1.75. The van der Waals surface area contributed by atoms with Crippen molar-refractivity contribution < 1.29 is 9.53 Å². The second kappa shape index (κ2) is 4.93. The van der Waals surface area contributed by atoms with Crippen molar-refractivity contribution in [3.05, 3.63) is 30.0 Å². The summed E-state index contributed by atoms with van der Waals surface area (Å²) in [5.74, 6) is -0.0904. The average Bonchev–Trinajstić information content (AvgIpc) is 3.04. The van der Waals surface area contributed by atoms with Gasteiger partial charge >= 0.3 is 0 Å². The van der Waals surface area contributed by atoms with Crippen LogP contribution in [0.5, 0.6) is 0 Å². The van der Waals surface area contributed by atoms with Crippen molar-refractivity contribution in [2.45, 2.75) is 18.9 Å². The van der Waals surface area contributed by atoms with Crippen LogP contribution in [0.25, 0.3) is 10.9 Å². The lowest BCUT2D eigenvalue weighted by atomic mass is 10.1. The van der Waals surface area contributed by atoms with Crippen molar-refractivity contribution in [3.8, 4) is 0 Å². The largest absolute Gasteiger partial charge is 0.399 e. The molecule has 1 aliphatic rings. The monoisotopic (exact) mass is 259 g/mol. The molecule has 1 amide bonds. The van der Waals surface area contributed by atoms with Gasteiger partial charge in [0.15, 0.2) is 0 Å². The van der Waals surface area contributed by atoms with Crippen molar-refractivity contribution in [2.24, 2.45) is 0 Å². The molecule has 2 aromatic rings. The molecule has 1 atom stereocenters. The average molecular weight is 259 g/mol. The molecule has 1 aromatic carbocycles. The summed E-state index contributed by atoms with van der Waals surface area (Å²) in [5.41, 5.74) is 7.95. The fourth-order valence-electron chi connectivity index (χ4n) is 2.43. The Morgan fingerprint density at radius 1 is 1.53 bits per heavy atom. The minimum Gasteiger partial charge on any atom is -0.399 e. The van der Waals surface area contributed by atoms with Gasteiger partial charge in [0.1, 0.15) is 0 Å². The van der Waals surface area contributed by atoms with Crippen LogP contribution in [0.1, 0.15) is 23.2 Å². The van der Waals surface area contributed by atoms with E-state index in [2.05, 4.69) is 10.3 Å². The SMILES string of the molecule is Nc1ccc2[nH]cc(C(=O)NCC3CCCO3)c2c1. The van der Waals surface area contributed by atoms with Crippen LogP contribution in [0.3, 0.4) is 0 Å². The topological polar surface area (TPSA) is 80.1 Å². The van der Waals surface area contributed by atoms with E-state index in [1.165, 1.54) is 0 Å². The highest BCUT2D eigenvalue weighted by atomic mass is 16.5. The molecule has 1 aliphatic heterocycles. The molecule has 3 rings (SSSR count). The van der Waals surface area contributed by atoms with Crippen molar-refractivity contribution in [3.63, 3.8) is 0 Å². The third-order valence-corrected chi connectivity index (χ3v) is 3.46. The van der Waals surface area contributed by atoms with E-state index in [9.17, 15) is 4.79 Å². The lowest BCUT2D eigenvalue weighted by Crippen LogP contribution is -2.31. The zero-order chi connectivity index (χ0) is 13.2. The van der Waals surface area contributed by atoms with Crippen molar-refractivity contribution in [2.75, 3.05) is 18.9 Å². The number of benzene rings is 1. The first-order valence-corrected chi connectivity index (χ1v) is 6.50. The summed E-state index contributed by atoms with van der Waals surface area (Å²) in [6.45, 7) is 1.36. The summed E-state index contributed by atoms with van der Waals surface area (Å²) >= 11 is 0. The Morgan fingerprint density at radius 3 is 3.21 bits per heavy atom. The molecule has 0 spiro atoms. The Kier molecular flexibility index (Phi) is 3.13. The fraction of sp³-hybridized carbons (Fsp3) is 0.357. The van der Waals surface area contributed by atoms with Gasteiger partial charge in [0.2, 0.25) is 0 Å². The van der Waals surface area contributed by atoms with Gasteiger partial charge in [-0.25, -0.2) is 0 Å². The lowest BCUT2D eigenvalue weighted by molar-refractivity contribution is 0.0859. The van der Waals surface area contributed by atoms with Gasteiger partial charge in [-0.15, -0.1) is 0 Å². The van der Waals surface area contributed by atoms with Gasteiger partial charge in [-0.2, -0.15) is 0 Å². The van der Waals surface area contributed by atoms with Crippen LogP contribution in [-0.4, -0.2) is 30.1 Å². The number of aromatic nitrogens is 1. The molecule has 5 nitrogen and oxygen atoms in total. The van der Waals surface area contributed by atoms with Gasteiger partial charge in [0.25, 0.3) is 5.91 Å². The number of hydrogen-bond donors (Lipinski definition) is 3. The van der Waals surface area contributed by atoms with E-state index in [0.29, 0.717) is 17.8 Å². The smallest absolute Gasteiger partial charge is 0.253 e. The molecule has 19 heavy (non-hydrogen) atoms. The number of carbonyl (C=O) groups is 1. The summed E-state index contributed by atoms with van der Waals surface area (Å²) in [5, 5.41) is 3.77. The number of hydrogen-bond acceptors (Lipinski definition) is 3. The third kappa shape index (κ3) is 2.42. The Bertz CT molecular complexity index is 600. The van der Waals surface area contributed by atoms with Crippen molar-refractivity contribution in [1.29, 1.82) is 0 Å². The van der Waals surface area contributed by atoms with E-state index in [1.807, 2.05) is 18.2 Å². The highest BCUT2D eigenvalue weighted by molar-refractivity contribution is 6.07. The Labute approximate surface area is 111 Å². The summed E-state index contributed by atoms with van der Waals surface area (Å²) in [6, 6.07) is 5.50. The number of nitrogen functional groups attached to an aromatic ring is 1. The van der Waals surface area contributed by atoms with Crippen LogP contribution < -0.4 is 11.1 Å². The number of anilines is 1. The zero-order valence-corrected chi connectivity index (χ0v) is 10.6. The van der Waals surface area contributed by atoms with Gasteiger partial charge in [0.05, 0.1) is 11.7 Å². The lowest BCUT2D eigenvalue weighted by Gasteiger charge is -2.10. The minimum atomic E-state index is -0.0904. The van der Waals surface area contributed by atoms with Crippen LogP contribution >= 0.6 is 0 Å². The molecular formula is C14H17N3O2. The molecule has 1 saturated heterocycles. The molecular weight excluding hydrogens is 242 g/mol. The maximum absolute atomic E-state index is 12.2. The quantitative estimate of drug-likeness (QED) is 0.733. The number of nitrogens with one attached hydrogen (secondary N) is 2. The highest BCUT2D eigenvalue weighted by Gasteiger charge is 2.18. The summed E-state index contributed by atoms with van der Waals surface area (Å²) in [6.07, 6.45) is 3.96. The standard InChI is InChI=1S/C14H17N3O2/c15-9-3-4-13-11(6-9)12(8-16-13)14(18)17-7-10-2-1-5-19-10/h3-4,6,8,10,16H,1-2,5,7,15H2,(H,17,18). The number of nitrogens with two attached hydrogens (primary N) is 1. The number of fused-ring (bicyclic) bond motifs is 1. The Hall–Kier alpha value is -2.01. The minimum absolute atomic E-state index is 0.0904. The Morgan fingerprint density at radius 2 is 2.42 bits per heavy atom. The first-order valence-electron chi connectivity index (χ1n) is 6.50. The van der Waals surface area contributed by atoms with Crippen LogP contribution in [0.4, 0.5) is 5.69 Å². The van der Waals surface area contributed by atoms with Gasteiger partial charge in [0, 0.05) is 35.9 Å². The summed E-state index contributed by atoms with van der Waals surface area (Å²) < 4.78 is 5.48. The molecule has 0 bridgehead atoms. The fourth-order valence-corrected chi connectivity index (χ4v) is 2.43. The molecule has 1 fully saturated rings. The van der Waals surface area contributed by atoms with Crippen LogP contribution in [0.2, 0.25) is 0 Å². The number of ether oxygens (including phenoxy) is 1. The molecule has 5 heteroatoms. The zero-order valence-electron chi connectivity index (χ0n) is 10.6. The predicted octanol–water partition coefficient (Wildman–Crippen LogP) is 1.66. The number of H-pyrrole nitrogens is 1. The molecule has 1 aromatic heterocycles.